The summed E-state index contributed by atoms with van der Waals surface area (Å²) >= 11 is 0. The Morgan fingerprint density at radius 2 is 1.70 bits per heavy atom. The van der Waals surface area contributed by atoms with Crippen LogP contribution in [0.1, 0.15) is 78.2 Å². The van der Waals surface area contributed by atoms with Crippen LogP contribution < -0.4 is 20.5 Å². The van der Waals surface area contributed by atoms with Crippen LogP contribution in [0.3, 0.4) is 0 Å². The number of aliphatic hydroxyl groups excluding tert-OH is 1. The summed E-state index contributed by atoms with van der Waals surface area (Å²) in [5.74, 6) is 1.90. The third kappa shape index (κ3) is 15.2. The Morgan fingerprint density at radius 1 is 1.00 bits per heavy atom. The summed E-state index contributed by atoms with van der Waals surface area (Å²) in [5.41, 5.74) is 7.64. The second kappa shape index (κ2) is 20.9. The summed E-state index contributed by atoms with van der Waals surface area (Å²) in [7, 11) is 5.86. The van der Waals surface area contributed by atoms with Crippen LogP contribution in [-0.4, -0.2) is 82.2 Å². The third-order valence-corrected chi connectivity index (χ3v) is 7.40. The largest absolute Gasteiger partial charge is 0.490 e. The van der Waals surface area contributed by atoms with E-state index in [0.29, 0.717) is 45.1 Å². The first-order chi connectivity index (χ1) is 19.1. The van der Waals surface area contributed by atoms with E-state index in [2.05, 4.69) is 57.2 Å². The predicted octanol–water partition coefficient (Wildman–Crippen LogP) is 4.66. The van der Waals surface area contributed by atoms with Gasteiger partial charge < -0.3 is 35.3 Å². The minimum absolute atomic E-state index is 0.0156. The lowest BCUT2D eigenvalue weighted by Gasteiger charge is -2.28. The van der Waals surface area contributed by atoms with Crippen molar-refractivity contribution in [1.29, 1.82) is 0 Å². The molecule has 8 heteroatoms. The zero-order valence-electron chi connectivity index (χ0n) is 26.4. The molecule has 1 rings (SSSR count). The van der Waals surface area contributed by atoms with Crippen LogP contribution in [0.15, 0.2) is 18.2 Å². The van der Waals surface area contributed by atoms with E-state index in [1.807, 2.05) is 13.0 Å². The standard InChI is InChI=1S/C32H59N3O5/c1-8-9-15-34-32(37)25(4)20-29(36)28(33)23-27(24(2)3)21-26-13-14-30(39-18-11-10-16-35(5)6)31(22-26)40-19-12-17-38-7/h13-14,22,24-25,27-29,36H,8-12,15-21,23,33H2,1-7H3,(H,34,37)/t25-,27+,28+,29+/m1/s1. The van der Waals surface area contributed by atoms with Gasteiger partial charge in [-0.1, -0.05) is 40.2 Å². The van der Waals surface area contributed by atoms with Crippen LogP contribution in [0.5, 0.6) is 11.5 Å². The first-order valence-corrected chi connectivity index (χ1v) is 15.3. The number of nitrogens with two attached hydrogens (primary N) is 1. The second-order valence-corrected chi connectivity index (χ2v) is 11.8. The van der Waals surface area contributed by atoms with Gasteiger partial charge in [-0.15, -0.1) is 0 Å². The third-order valence-electron chi connectivity index (χ3n) is 7.40. The molecule has 0 fully saturated rings. The molecular weight excluding hydrogens is 506 g/mol. The number of amides is 1. The van der Waals surface area contributed by atoms with Gasteiger partial charge >= 0.3 is 0 Å². The molecular formula is C32H59N3O5. The Kier molecular flexibility index (Phi) is 18.9. The number of benzene rings is 1. The summed E-state index contributed by atoms with van der Waals surface area (Å²) in [6.07, 6.45) is 6.00. The van der Waals surface area contributed by atoms with Gasteiger partial charge in [-0.05, 0) is 88.7 Å². The molecule has 0 saturated heterocycles. The number of hydrogen-bond acceptors (Lipinski definition) is 7. The highest BCUT2D eigenvalue weighted by atomic mass is 16.5. The average molecular weight is 566 g/mol. The number of carbonyl (C=O) groups is 1. The van der Waals surface area contributed by atoms with E-state index in [9.17, 15) is 9.90 Å². The van der Waals surface area contributed by atoms with Crippen LogP contribution >= 0.6 is 0 Å². The highest BCUT2D eigenvalue weighted by molar-refractivity contribution is 5.78. The molecule has 0 aromatic heterocycles. The number of carbonyl (C=O) groups excluding carboxylic acids is 1. The van der Waals surface area contributed by atoms with Crippen molar-refractivity contribution in [3.63, 3.8) is 0 Å². The molecule has 0 aliphatic heterocycles. The average Bonchev–Trinajstić information content (AvgIpc) is 2.91. The molecule has 0 radical (unpaired) electrons. The van der Waals surface area contributed by atoms with Crippen LogP contribution in [0.4, 0.5) is 0 Å². The molecule has 0 heterocycles. The summed E-state index contributed by atoms with van der Waals surface area (Å²) in [6.45, 7) is 11.9. The van der Waals surface area contributed by atoms with Crippen molar-refractivity contribution >= 4 is 5.91 Å². The highest BCUT2D eigenvalue weighted by Crippen LogP contribution is 2.32. The second-order valence-electron chi connectivity index (χ2n) is 11.8. The molecule has 0 aliphatic carbocycles. The molecule has 1 amide bonds. The Hall–Kier alpha value is -1.87. The lowest BCUT2D eigenvalue weighted by molar-refractivity contribution is -0.125. The maximum atomic E-state index is 12.3. The lowest BCUT2D eigenvalue weighted by atomic mass is 9.82. The minimum atomic E-state index is -0.726. The van der Waals surface area contributed by atoms with Crippen LogP contribution in [0, 0.1) is 17.8 Å². The van der Waals surface area contributed by atoms with Gasteiger partial charge in [0.25, 0.3) is 0 Å². The molecule has 232 valence electrons. The van der Waals surface area contributed by atoms with Gasteiger partial charge in [0.2, 0.25) is 5.91 Å². The molecule has 4 atom stereocenters. The first-order valence-electron chi connectivity index (χ1n) is 15.3. The quantitative estimate of drug-likeness (QED) is 0.166. The fraction of sp³-hybridized carbons (Fsp3) is 0.781. The zero-order chi connectivity index (χ0) is 29.9. The van der Waals surface area contributed by atoms with Crippen molar-refractivity contribution in [3.8, 4) is 11.5 Å². The fourth-order valence-electron chi connectivity index (χ4n) is 4.62. The Labute approximate surface area is 244 Å². The van der Waals surface area contributed by atoms with Crippen molar-refractivity contribution < 1.29 is 24.1 Å². The van der Waals surface area contributed by atoms with Crippen LogP contribution in [0.2, 0.25) is 0 Å². The number of aliphatic hydroxyl groups is 1. The summed E-state index contributed by atoms with van der Waals surface area (Å²) in [6, 6.07) is 5.81. The number of ether oxygens (including phenoxy) is 3. The predicted molar refractivity (Wildman–Crippen MR) is 164 cm³/mol. The van der Waals surface area contributed by atoms with E-state index in [1.165, 1.54) is 0 Å². The van der Waals surface area contributed by atoms with Crippen LogP contribution in [-0.2, 0) is 16.0 Å². The Bertz CT molecular complexity index is 805. The monoisotopic (exact) mass is 565 g/mol. The van der Waals surface area contributed by atoms with Gasteiger partial charge in [-0.2, -0.15) is 0 Å². The van der Waals surface area contributed by atoms with Crippen molar-refractivity contribution in [3.05, 3.63) is 23.8 Å². The van der Waals surface area contributed by atoms with Gasteiger partial charge in [0, 0.05) is 38.6 Å². The zero-order valence-corrected chi connectivity index (χ0v) is 26.4. The number of methoxy groups -OCH3 is 1. The van der Waals surface area contributed by atoms with E-state index in [4.69, 9.17) is 19.9 Å². The molecule has 0 saturated carbocycles. The molecule has 0 spiro atoms. The van der Waals surface area contributed by atoms with Crippen LogP contribution in [0.25, 0.3) is 0 Å². The summed E-state index contributed by atoms with van der Waals surface area (Å²) < 4.78 is 17.4. The van der Waals surface area contributed by atoms with Gasteiger partial charge in [0.05, 0.1) is 19.3 Å². The summed E-state index contributed by atoms with van der Waals surface area (Å²) in [4.78, 5) is 14.5. The van der Waals surface area contributed by atoms with Crippen molar-refractivity contribution in [1.82, 2.24) is 10.2 Å². The lowest BCUT2D eigenvalue weighted by Crippen LogP contribution is -2.41. The van der Waals surface area contributed by atoms with Crippen molar-refractivity contribution in [2.24, 2.45) is 23.5 Å². The topological polar surface area (TPSA) is 106 Å². The maximum absolute atomic E-state index is 12.3. The van der Waals surface area contributed by atoms with E-state index < -0.39 is 12.1 Å². The molecule has 40 heavy (non-hydrogen) atoms. The molecule has 0 aliphatic rings. The maximum Gasteiger partial charge on any atom is 0.222 e. The van der Waals surface area contributed by atoms with Gasteiger partial charge in [-0.25, -0.2) is 0 Å². The normalized spacial score (nSPS) is 14.7. The molecule has 8 nitrogen and oxygen atoms in total. The van der Waals surface area contributed by atoms with Crippen molar-refractivity contribution in [2.45, 2.75) is 91.2 Å². The number of rotatable bonds is 23. The Balaban J connectivity index is 2.82. The van der Waals surface area contributed by atoms with E-state index in [1.54, 1.807) is 7.11 Å². The number of nitrogens with one attached hydrogen (secondary N) is 1. The molecule has 1 aromatic rings. The Morgan fingerprint density at radius 3 is 2.35 bits per heavy atom. The van der Waals surface area contributed by atoms with Gasteiger partial charge in [-0.3, -0.25) is 4.79 Å². The van der Waals surface area contributed by atoms with E-state index in [-0.39, 0.29) is 17.7 Å². The first kappa shape index (κ1) is 36.2. The number of nitrogens with zero attached hydrogens (tertiary/aromatic N) is 1. The van der Waals surface area contributed by atoms with Crippen molar-refractivity contribution in [2.75, 3.05) is 54.1 Å². The van der Waals surface area contributed by atoms with E-state index >= 15 is 0 Å². The van der Waals surface area contributed by atoms with Gasteiger partial charge in [0.1, 0.15) is 0 Å². The van der Waals surface area contributed by atoms with E-state index in [0.717, 1.165) is 62.1 Å². The minimum Gasteiger partial charge on any atom is -0.490 e. The number of unbranched alkanes of at least 4 members (excludes halogenated alkanes) is 2. The SMILES string of the molecule is CCCCNC(=O)[C@H](C)C[C@H](O)[C@@H](N)C[C@H](Cc1ccc(OCCCCN(C)C)c(OCCCOC)c1)C(C)C. The summed E-state index contributed by atoms with van der Waals surface area (Å²) in [5, 5.41) is 13.8. The van der Waals surface area contributed by atoms with Gasteiger partial charge in [0.15, 0.2) is 11.5 Å². The highest BCUT2D eigenvalue weighted by Gasteiger charge is 2.26. The fourth-order valence-corrected chi connectivity index (χ4v) is 4.62. The molecule has 1 aromatic carbocycles. The molecule has 4 N–H and O–H groups in total. The molecule has 0 bridgehead atoms. The number of hydrogen-bond donors (Lipinski definition) is 3. The smallest absolute Gasteiger partial charge is 0.222 e. The molecule has 0 unspecified atom stereocenters.